The van der Waals surface area contributed by atoms with E-state index in [0.29, 0.717) is 22.8 Å². The van der Waals surface area contributed by atoms with Crippen LogP contribution in [-0.2, 0) is 0 Å². The zero-order chi connectivity index (χ0) is 9.97. The van der Waals surface area contributed by atoms with E-state index in [-0.39, 0.29) is 0 Å². The Morgan fingerprint density at radius 1 is 1.14 bits per heavy atom. The number of nitrogen functional groups attached to an aromatic ring is 2. The molecule has 2 heterocycles. The van der Waals surface area contributed by atoms with Crippen LogP contribution in [0.5, 0.6) is 0 Å². The monoisotopic (exact) mass is 191 g/mol. The highest BCUT2D eigenvalue weighted by molar-refractivity contribution is 5.85. The van der Waals surface area contributed by atoms with E-state index in [1.165, 1.54) is 0 Å². The molecular weight excluding hydrogens is 182 g/mol. The Hall–Kier alpha value is -1.99. The van der Waals surface area contributed by atoms with Crippen molar-refractivity contribution in [1.82, 2.24) is 15.0 Å². The standard InChI is InChI=1S/C7H9N7/c8-13-6-5-4(2-1-3-10-5)11-7(12-6)14-9/h1-3H,8-9H2,(H2,11,12,13,14). The maximum Gasteiger partial charge on any atom is 0.239 e. The zero-order valence-corrected chi connectivity index (χ0v) is 7.23. The molecule has 14 heavy (non-hydrogen) atoms. The first-order chi connectivity index (χ1) is 6.85. The molecular formula is C7H9N7. The van der Waals surface area contributed by atoms with Gasteiger partial charge in [-0.3, -0.25) is 10.4 Å². The number of pyridine rings is 1. The summed E-state index contributed by atoms with van der Waals surface area (Å²) in [6.07, 6.45) is 1.64. The summed E-state index contributed by atoms with van der Waals surface area (Å²) >= 11 is 0. The van der Waals surface area contributed by atoms with Crippen LogP contribution in [0.1, 0.15) is 0 Å². The molecule has 7 heteroatoms. The van der Waals surface area contributed by atoms with Gasteiger partial charge in [0.1, 0.15) is 5.52 Å². The fourth-order valence-electron chi connectivity index (χ4n) is 1.13. The normalized spacial score (nSPS) is 10.1. The van der Waals surface area contributed by atoms with Crippen LogP contribution in [0.25, 0.3) is 11.0 Å². The predicted molar refractivity (Wildman–Crippen MR) is 53.0 cm³/mol. The molecule has 0 bridgehead atoms. The summed E-state index contributed by atoms with van der Waals surface area (Å²) in [6.45, 7) is 0. The zero-order valence-electron chi connectivity index (χ0n) is 7.23. The first-order valence-electron chi connectivity index (χ1n) is 3.91. The smallest absolute Gasteiger partial charge is 0.239 e. The van der Waals surface area contributed by atoms with Gasteiger partial charge in [-0.2, -0.15) is 4.98 Å². The maximum atomic E-state index is 5.29. The fraction of sp³-hybridized carbons (Fsp3) is 0. The minimum absolute atomic E-state index is 0.290. The van der Waals surface area contributed by atoms with Crippen molar-refractivity contribution in [3.63, 3.8) is 0 Å². The molecule has 2 aromatic heterocycles. The summed E-state index contributed by atoms with van der Waals surface area (Å²) in [5.41, 5.74) is 6.06. The Labute approximate surface area is 79.5 Å². The molecule has 0 saturated heterocycles. The van der Waals surface area contributed by atoms with Gasteiger partial charge in [0.2, 0.25) is 5.95 Å². The van der Waals surface area contributed by atoms with Gasteiger partial charge in [0, 0.05) is 6.20 Å². The molecule has 2 rings (SSSR count). The largest absolute Gasteiger partial charge is 0.306 e. The average Bonchev–Trinajstić information content (AvgIpc) is 2.27. The van der Waals surface area contributed by atoms with Crippen LogP contribution in [0, 0.1) is 0 Å². The molecule has 0 aliphatic carbocycles. The molecule has 7 nitrogen and oxygen atoms in total. The lowest BCUT2D eigenvalue weighted by Crippen LogP contribution is -2.15. The van der Waals surface area contributed by atoms with Crippen LogP contribution < -0.4 is 22.5 Å². The van der Waals surface area contributed by atoms with E-state index in [1.54, 1.807) is 18.3 Å². The maximum absolute atomic E-state index is 5.29. The quantitative estimate of drug-likeness (QED) is 0.377. The third-order valence-corrected chi connectivity index (χ3v) is 1.72. The van der Waals surface area contributed by atoms with Crippen LogP contribution in [0.4, 0.5) is 11.8 Å². The second kappa shape index (κ2) is 3.40. The summed E-state index contributed by atoms with van der Waals surface area (Å²) in [5, 5.41) is 0. The molecule has 0 aromatic carbocycles. The number of nitrogens with one attached hydrogen (secondary N) is 2. The summed E-state index contributed by atoms with van der Waals surface area (Å²) in [7, 11) is 0. The SMILES string of the molecule is NNc1nc(NN)c2ncccc2n1. The van der Waals surface area contributed by atoms with E-state index < -0.39 is 0 Å². The van der Waals surface area contributed by atoms with Crippen LogP contribution in [0.2, 0.25) is 0 Å². The molecule has 6 N–H and O–H groups in total. The van der Waals surface area contributed by atoms with Crippen molar-refractivity contribution in [2.45, 2.75) is 0 Å². The van der Waals surface area contributed by atoms with E-state index in [9.17, 15) is 0 Å². The fourth-order valence-corrected chi connectivity index (χ4v) is 1.13. The minimum Gasteiger partial charge on any atom is -0.306 e. The highest BCUT2D eigenvalue weighted by atomic mass is 15.3. The Morgan fingerprint density at radius 3 is 2.71 bits per heavy atom. The van der Waals surface area contributed by atoms with Crippen molar-refractivity contribution in [1.29, 1.82) is 0 Å². The van der Waals surface area contributed by atoms with Gasteiger partial charge < -0.3 is 5.43 Å². The number of fused-ring (bicyclic) bond motifs is 1. The van der Waals surface area contributed by atoms with Gasteiger partial charge in [0.05, 0.1) is 5.52 Å². The lowest BCUT2D eigenvalue weighted by atomic mass is 10.3. The lowest BCUT2D eigenvalue weighted by molar-refractivity contribution is 1.12. The molecule has 0 saturated carbocycles. The second-order valence-electron chi connectivity index (χ2n) is 2.56. The number of hydrazine groups is 2. The third-order valence-electron chi connectivity index (χ3n) is 1.72. The van der Waals surface area contributed by atoms with Crippen molar-refractivity contribution >= 4 is 22.8 Å². The lowest BCUT2D eigenvalue weighted by Gasteiger charge is -2.05. The summed E-state index contributed by atoms with van der Waals surface area (Å²) in [5.74, 6) is 11.2. The van der Waals surface area contributed by atoms with Crippen LogP contribution in [0.3, 0.4) is 0 Å². The molecule has 0 spiro atoms. The highest BCUT2D eigenvalue weighted by Gasteiger charge is 2.05. The number of nitrogens with zero attached hydrogens (tertiary/aromatic N) is 3. The number of aromatic nitrogens is 3. The molecule has 0 amide bonds. The summed E-state index contributed by atoms with van der Waals surface area (Å²) in [4.78, 5) is 12.2. The second-order valence-corrected chi connectivity index (χ2v) is 2.56. The Morgan fingerprint density at radius 2 is 2.00 bits per heavy atom. The number of nitrogens with two attached hydrogens (primary N) is 2. The van der Waals surface area contributed by atoms with Gasteiger partial charge in [-0.05, 0) is 12.1 Å². The predicted octanol–water partition coefficient (Wildman–Crippen LogP) is -0.404. The van der Waals surface area contributed by atoms with Crippen molar-refractivity contribution in [2.24, 2.45) is 11.7 Å². The Kier molecular flexibility index (Phi) is 2.09. The van der Waals surface area contributed by atoms with Crippen molar-refractivity contribution in [2.75, 3.05) is 10.9 Å². The van der Waals surface area contributed by atoms with E-state index in [4.69, 9.17) is 11.7 Å². The summed E-state index contributed by atoms with van der Waals surface area (Å²) < 4.78 is 0. The molecule has 0 atom stereocenters. The molecule has 0 aliphatic heterocycles. The Bertz CT molecular complexity index is 455. The van der Waals surface area contributed by atoms with Gasteiger partial charge in [0.15, 0.2) is 5.82 Å². The van der Waals surface area contributed by atoms with Crippen LogP contribution >= 0.6 is 0 Å². The minimum atomic E-state index is 0.290. The molecule has 0 fully saturated rings. The van der Waals surface area contributed by atoms with E-state index in [0.717, 1.165) is 0 Å². The van der Waals surface area contributed by atoms with E-state index >= 15 is 0 Å². The molecule has 0 unspecified atom stereocenters. The van der Waals surface area contributed by atoms with E-state index in [1.807, 2.05) is 0 Å². The molecule has 0 radical (unpaired) electrons. The number of anilines is 2. The molecule has 2 aromatic rings. The van der Waals surface area contributed by atoms with Gasteiger partial charge in [-0.15, -0.1) is 0 Å². The molecule has 72 valence electrons. The van der Waals surface area contributed by atoms with E-state index in [2.05, 4.69) is 25.8 Å². The van der Waals surface area contributed by atoms with Gasteiger partial charge >= 0.3 is 0 Å². The third kappa shape index (κ3) is 1.30. The average molecular weight is 191 g/mol. The Balaban J connectivity index is 2.73. The number of hydrogen-bond donors (Lipinski definition) is 4. The van der Waals surface area contributed by atoms with Crippen molar-refractivity contribution in [3.8, 4) is 0 Å². The van der Waals surface area contributed by atoms with Crippen molar-refractivity contribution < 1.29 is 0 Å². The van der Waals surface area contributed by atoms with Gasteiger partial charge in [0.25, 0.3) is 0 Å². The number of rotatable bonds is 2. The first kappa shape index (κ1) is 8.60. The highest BCUT2D eigenvalue weighted by Crippen LogP contribution is 2.17. The molecule has 0 aliphatic rings. The van der Waals surface area contributed by atoms with Gasteiger partial charge in [-0.1, -0.05) is 0 Å². The topological polar surface area (TPSA) is 115 Å². The first-order valence-corrected chi connectivity index (χ1v) is 3.91. The van der Waals surface area contributed by atoms with Crippen LogP contribution in [-0.4, -0.2) is 15.0 Å². The van der Waals surface area contributed by atoms with Crippen molar-refractivity contribution in [3.05, 3.63) is 18.3 Å². The van der Waals surface area contributed by atoms with Gasteiger partial charge in [-0.25, -0.2) is 16.7 Å². The summed E-state index contributed by atoms with van der Waals surface area (Å²) in [6, 6.07) is 3.57. The number of hydrogen-bond acceptors (Lipinski definition) is 7. The van der Waals surface area contributed by atoms with Crippen LogP contribution in [0.15, 0.2) is 18.3 Å².